The largest absolute Gasteiger partial charge is 0.356 e. The fraction of sp³-hybridized carbons (Fsp3) is 0.727. The summed E-state index contributed by atoms with van der Waals surface area (Å²) in [5.41, 5.74) is 0. The third-order valence-corrected chi connectivity index (χ3v) is 2.03. The molecule has 0 saturated heterocycles. The summed E-state index contributed by atoms with van der Waals surface area (Å²) in [5, 5.41) is 10.6. The summed E-state index contributed by atoms with van der Waals surface area (Å²) in [5.74, 6) is -0.144. The number of amides is 4. The molecule has 18 heavy (non-hydrogen) atoms. The summed E-state index contributed by atoms with van der Waals surface area (Å²) >= 11 is 0. The molecule has 0 radical (unpaired) electrons. The summed E-state index contributed by atoms with van der Waals surface area (Å²) in [6.07, 6.45) is 1.39. The Bertz CT molecular complexity index is 255. The molecule has 4 N–H and O–H groups in total. The van der Waals surface area contributed by atoms with E-state index in [0.29, 0.717) is 39.0 Å². The Morgan fingerprint density at radius 2 is 1.00 bits per heavy atom. The van der Waals surface area contributed by atoms with Gasteiger partial charge in [-0.2, -0.15) is 0 Å². The third kappa shape index (κ3) is 12.3. The van der Waals surface area contributed by atoms with Crippen LogP contribution in [0.1, 0.15) is 26.7 Å². The van der Waals surface area contributed by atoms with Crippen LogP contribution in [-0.2, 0) is 9.59 Å². The maximum Gasteiger partial charge on any atom is 0.314 e. The van der Waals surface area contributed by atoms with Crippen molar-refractivity contribution in [2.24, 2.45) is 0 Å². The van der Waals surface area contributed by atoms with Crippen LogP contribution >= 0.6 is 0 Å². The van der Waals surface area contributed by atoms with E-state index in [1.807, 2.05) is 0 Å². The molecule has 4 amide bonds. The maximum atomic E-state index is 11.2. The first kappa shape index (κ1) is 16.2. The first-order valence-corrected chi connectivity index (χ1v) is 6.03. The molecule has 0 spiro atoms. The van der Waals surface area contributed by atoms with Crippen molar-refractivity contribution in [1.29, 1.82) is 0 Å². The van der Waals surface area contributed by atoms with Gasteiger partial charge in [0, 0.05) is 40.0 Å². The molecule has 104 valence electrons. The SMILES string of the molecule is CC(=O)NCCCNC(=O)NCCCNC(C)=O. The number of urea groups is 1. The standard InChI is InChI=1S/C11H22N4O3/c1-9(16)12-5-3-7-14-11(18)15-8-4-6-13-10(2)17/h3-8H2,1-2H3,(H,12,16)(H,13,17)(H2,14,15,18). The Hall–Kier alpha value is -1.79. The van der Waals surface area contributed by atoms with Crippen molar-refractivity contribution in [2.75, 3.05) is 26.2 Å². The van der Waals surface area contributed by atoms with Crippen molar-refractivity contribution < 1.29 is 14.4 Å². The number of rotatable bonds is 8. The summed E-state index contributed by atoms with van der Waals surface area (Å²) in [7, 11) is 0. The average Bonchev–Trinajstić information content (AvgIpc) is 2.27. The van der Waals surface area contributed by atoms with E-state index in [2.05, 4.69) is 21.3 Å². The normalized spacial score (nSPS) is 9.44. The highest BCUT2D eigenvalue weighted by atomic mass is 16.2. The minimum atomic E-state index is -0.236. The average molecular weight is 258 g/mol. The summed E-state index contributed by atoms with van der Waals surface area (Å²) < 4.78 is 0. The monoisotopic (exact) mass is 258 g/mol. The van der Waals surface area contributed by atoms with Gasteiger partial charge in [0.15, 0.2) is 0 Å². The molecule has 0 atom stereocenters. The van der Waals surface area contributed by atoms with Gasteiger partial charge in [0.25, 0.3) is 0 Å². The Morgan fingerprint density at radius 3 is 1.33 bits per heavy atom. The van der Waals surface area contributed by atoms with Gasteiger partial charge in [-0.25, -0.2) is 4.79 Å². The van der Waals surface area contributed by atoms with Crippen molar-refractivity contribution in [3.05, 3.63) is 0 Å². The summed E-state index contributed by atoms with van der Waals surface area (Å²) in [6, 6.07) is -0.236. The lowest BCUT2D eigenvalue weighted by Crippen LogP contribution is -2.38. The molecular weight excluding hydrogens is 236 g/mol. The molecule has 0 unspecified atom stereocenters. The van der Waals surface area contributed by atoms with Gasteiger partial charge in [-0.1, -0.05) is 0 Å². The quantitative estimate of drug-likeness (QED) is 0.435. The first-order chi connectivity index (χ1) is 8.52. The van der Waals surface area contributed by atoms with Crippen LogP contribution in [0.2, 0.25) is 0 Å². The predicted octanol–water partition coefficient (Wildman–Crippen LogP) is -0.662. The molecule has 7 nitrogen and oxygen atoms in total. The third-order valence-electron chi connectivity index (χ3n) is 2.03. The molecule has 0 aliphatic carbocycles. The van der Waals surface area contributed by atoms with Crippen LogP contribution < -0.4 is 21.3 Å². The zero-order valence-corrected chi connectivity index (χ0v) is 11.0. The lowest BCUT2D eigenvalue weighted by Gasteiger charge is -2.07. The van der Waals surface area contributed by atoms with Gasteiger partial charge in [0.05, 0.1) is 0 Å². The molecule has 0 bridgehead atoms. The van der Waals surface area contributed by atoms with Crippen LogP contribution in [0.15, 0.2) is 0 Å². The number of nitrogens with one attached hydrogen (secondary N) is 4. The van der Waals surface area contributed by atoms with Crippen LogP contribution in [0.4, 0.5) is 4.79 Å². The van der Waals surface area contributed by atoms with Crippen LogP contribution in [0.5, 0.6) is 0 Å². The van der Waals surface area contributed by atoms with E-state index in [4.69, 9.17) is 0 Å². The van der Waals surface area contributed by atoms with E-state index in [1.165, 1.54) is 13.8 Å². The molecule has 0 aromatic rings. The van der Waals surface area contributed by atoms with Crippen molar-refractivity contribution in [2.45, 2.75) is 26.7 Å². The van der Waals surface area contributed by atoms with Gasteiger partial charge in [0.1, 0.15) is 0 Å². The molecule has 0 fully saturated rings. The highest BCUT2D eigenvalue weighted by Gasteiger charge is 1.98. The molecule has 0 aromatic heterocycles. The van der Waals surface area contributed by atoms with Gasteiger partial charge < -0.3 is 21.3 Å². The number of hydrogen-bond acceptors (Lipinski definition) is 3. The smallest absolute Gasteiger partial charge is 0.314 e. The Kier molecular flexibility index (Phi) is 9.34. The molecule has 0 saturated carbocycles. The maximum absolute atomic E-state index is 11.2. The van der Waals surface area contributed by atoms with Gasteiger partial charge in [-0.05, 0) is 12.8 Å². The zero-order valence-electron chi connectivity index (χ0n) is 11.0. The second-order valence-corrected chi connectivity index (χ2v) is 3.86. The minimum absolute atomic E-state index is 0.0718. The molecule has 0 heterocycles. The number of carbonyl (C=O) groups is 3. The van der Waals surface area contributed by atoms with Crippen molar-refractivity contribution in [3.8, 4) is 0 Å². The highest BCUT2D eigenvalue weighted by Crippen LogP contribution is 1.77. The Morgan fingerprint density at radius 1 is 0.667 bits per heavy atom. The van der Waals surface area contributed by atoms with Gasteiger partial charge in [-0.15, -0.1) is 0 Å². The highest BCUT2D eigenvalue weighted by molar-refractivity contribution is 5.74. The number of carbonyl (C=O) groups excluding carboxylic acids is 3. The molecule has 0 aliphatic heterocycles. The van der Waals surface area contributed by atoms with Crippen LogP contribution in [0.25, 0.3) is 0 Å². The van der Waals surface area contributed by atoms with Gasteiger partial charge in [0.2, 0.25) is 11.8 Å². The second-order valence-electron chi connectivity index (χ2n) is 3.86. The zero-order chi connectivity index (χ0) is 13.8. The Labute approximate surface area is 107 Å². The predicted molar refractivity (Wildman–Crippen MR) is 68.0 cm³/mol. The molecular formula is C11H22N4O3. The lowest BCUT2D eigenvalue weighted by atomic mass is 10.4. The van der Waals surface area contributed by atoms with E-state index < -0.39 is 0 Å². The molecule has 0 aromatic carbocycles. The lowest BCUT2D eigenvalue weighted by molar-refractivity contribution is -0.119. The minimum Gasteiger partial charge on any atom is -0.356 e. The topological polar surface area (TPSA) is 99.3 Å². The molecule has 7 heteroatoms. The first-order valence-electron chi connectivity index (χ1n) is 6.03. The van der Waals surface area contributed by atoms with E-state index >= 15 is 0 Å². The summed E-state index contributed by atoms with van der Waals surface area (Å²) in [6.45, 7) is 5.04. The van der Waals surface area contributed by atoms with Crippen molar-refractivity contribution in [1.82, 2.24) is 21.3 Å². The molecule has 0 aliphatic rings. The second kappa shape index (κ2) is 10.4. The van der Waals surface area contributed by atoms with E-state index in [1.54, 1.807) is 0 Å². The van der Waals surface area contributed by atoms with Crippen molar-refractivity contribution >= 4 is 17.8 Å². The Balaban J connectivity index is 3.27. The molecule has 0 rings (SSSR count). The van der Waals surface area contributed by atoms with Crippen molar-refractivity contribution in [3.63, 3.8) is 0 Å². The van der Waals surface area contributed by atoms with Gasteiger partial charge >= 0.3 is 6.03 Å². The van der Waals surface area contributed by atoms with E-state index in [-0.39, 0.29) is 17.8 Å². The van der Waals surface area contributed by atoms with E-state index in [0.717, 1.165) is 0 Å². The van der Waals surface area contributed by atoms with Gasteiger partial charge in [-0.3, -0.25) is 9.59 Å². The van der Waals surface area contributed by atoms with E-state index in [9.17, 15) is 14.4 Å². The summed E-state index contributed by atoms with van der Waals surface area (Å²) in [4.78, 5) is 32.3. The fourth-order valence-electron chi connectivity index (χ4n) is 1.17. The van der Waals surface area contributed by atoms with Crippen LogP contribution in [0, 0.1) is 0 Å². The van der Waals surface area contributed by atoms with Crippen LogP contribution in [0.3, 0.4) is 0 Å². The number of hydrogen-bond donors (Lipinski definition) is 4. The van der Waals surface area contributed by atoms with Crippen LogP contribution in [-0.4, -0.2) is 44.0 Å². The fourth-order valence-corrected chi connectivity index (χ4v) is 1.17.